The fourth-order valence-electron chi connectivity index (χ4n) is 9.31. The Bertz CT molecular complexity index is 3590. The number of thiophene rings is 1. The highest BCUT2D eigenvalue weighted by molar-refractivity contribution is 7.25. The van der Waals surface area contributed by atoms with Crippen molar-refractivity contribution in [1.29, 1.82) is 0 Å². The van der Waals surface area contributed by atoms with E-state index in [2.05, 4.69) is 188 Å². The van der Waals surface area contributed by atoms with E-state index >= 15 is 0 Å². The maximum Gasteiger partial charge on any atom is 0.166 e. The molecule has 0 aliphatic heterocycles. The molecule has 0 bridgehead atoms. The highest BCUT2D eigenvalue weighted by atomic mass is 32.1. The van der Waals surface area contributed by atoms with Crippen LogP contribution >= 0.6 is 11.3 Å². The monoisotopic (exact) mass is 836 g/mol. The van der Waals surface area contributed by atoms with Crippen molar-refractivity contribution in [2.24, 2.45) is 0 Å². The first-order chi connectivity index (χ1) is 31.5. The van der Waals surface area contributed by atoms with Crippen LogP contribution in [0.3, 0.4) is 0 Å². The molecule has 3 heterocycles. The summed E-state index contributed by atoms with van der Waals surface area (Å²) in [4.78, 5) is 15.8. The van der Waals surface area contributed by atoms with Gasteiger partial charge in [-0.2, -0.15) is 0 Å². The summed E-state index contributed by atoms with van der Waals surface area (Å²) in [6, 6.07) is 74.0. The number of rotatable bonds is 7. The van der Waals surface area contributed by atoms with E-state index in [1.807, 2.05) is 47.7 Å². The molecule has 0 saturated heterocycles. The molecule has 0 saturated carbocycles. The zero-order valence-corrected chi connectivity index (χ0v) is 36.1. The second-order valence-corrected chi connectivity index (χ2v) is 17.7. The molecular formula is C59H40N4S. The Hall–Kier alpha value is -7.99. The van der Waals surface area contributed by atoms with E-state index < -0.39 is 0 Å². The molecule has 0 amide bonds. The summed E-state index contributed by atoms with van der Waals surface area (Å²) >= 11 is 1.84. The summed E-state index contributed by atoms with van der Waals surface area (Å²) in [6.45, 7) is 4.31. The van der Waals surface area contributed by atoms with Crippen molar-refractivity contribution < 1.29 is 0 Å². The maximum absolute atomic E-state index is 5.36. The average molecular weight is 837 g/mol. The molecule has 5 heteroatoms. The van der Waals surface area contributed by atoms with Crippen molar-refractivity contribution in [2.45, 2.75) is 13.8 Å². The van der Waals surface area contributed by atoms with Gasteiger partial charge in [0, 0.05) is 47.6 Å². The van der Waals surface area contributed by atoms with Gasteiger partial charge in [0.05, 0.1) is 16.7 Å². The molecule has 12 aromatic rings. The molecule has 9 aromatic carbocycles. The first-order valence-corrected chi connectivity index (χ1v) is 22.5. The smallest absolute Gasteiger partial charge is 0.166 e. The first kappa shape index (κ1) is 37.7. The molecule has 302 valence electrons. The van der Waals surface area contributed by atoms with Crippen molar-refractivity contribution in [3.63, 3.8) is 0 Å². The minimum absolute atomic E-state index is 0.606. The van der Waals surface area contributed by atoms with Gasteiger partial charge in [-0.1, -0.05) is 169 Å². The lowest BCUT2D eigenvalue weighted by molar-refractivity contribution is 1.06. The van der Waals surface area contributed by atoms with Gasteiger partial charge in [-0.15, -0.1) is 11.3 Å². The van der Waals surface area contributed by atoms with E-state index in [1.54, 1.807) is 0 Å². The first-order valence-electron chi connectivity index (χ1n) is 21.7. The minimum Gasteiger partial charge on any atom is -0.308 e. The Kier molecular flexibility index (Phi) is 9.09. The van der Waals surface area contributed by atoms with Gasteiger partial charge in [0.2, 0.25) is 0 Å². The Balaban J connectivity index is 1.17. The van der Waals surface area contributed by atoms with E-state index in [-0.39, 0.29) is 0 Å². The minimum atomic E-state index is 0.606. The Morgan fingerprint density at radius 1 is 0.344 bits per heavy atom. The van der Waals surface area contributed by atoms with Crippen LogP contribution in [0, 0.1) is 13.8 Å². The topological polar surface area (TPSA) is 43.6 Å². The van der Waals surface area contributed by atoms with Crippen LogP contribution in [0.5, 0.6) is 0 Å². The lowest BCUT2D eigenvalue weighted by Gasteiger charge is -2.17. The maximum atomic E-state index is 5.36. The Morgan fingerprint density at radius 2 is 0.844 bits per heavy atom. The SMILES string of the molecule is Cc1cccc(-c2ccc3c(c2)c2cc(-c4cccc(C)c4)ccc2n3-c2ccc(-c3cccc4sc5ccccc5c34)cc2-c2nc(-c3ccccc3)nc(-c3ccccc3)n2)c1. The number of aromatic nitrogens is 4. The molecule has 0 atom stereocenters. The van der Waals surface area contributed by atoms with Gasteiger partial charge in [0.25, 0.3) is 0 Å². The van der Waals surface area contributed by atoms with Gasteiger partial charge in [0.15, 0.2) is 17.5 Å². The zero-order valence-electron chi connectivity index (χ0n) is 35.3. The molecule has 0 fully saturated rings. The third-order valence-corrected chi connectivity index (χ3v) is 13.5. The van der Waals surface area contributed by atoms with E-state index in [1.165, 1.54) is 69.9 Å². The number of hydrogen-bond acceptors (Lipinski definition) is 4. The number of aryl methyl sites for hydroxylation is 2. The van der Waals surface area contributed by atoms with Crippen molar-refractivity contribution in [3.8, 4) is 73.2 Å². The summed E-state index contributed by atoms with van der Waals surface area (Å²) in [5, 5.41) is 4.88. The number of hydrogen-bond donors (Lipinski definition) is 0. The number of benzene rings is 9. The van der Waals surface area contributed by atoms with Crippen molar-refractivity contribution in [1.82, 2.24) is 19.5 Å². The van der Waals surface area contributed by atoms with E-state index in [0.717, 1.165) is 39.0 Å². The Morgan fingerprint density at radius 3 is 1.45 bits per heavy atom. The van der Waals surface area contributed by atoms with Crippen LogP contribution in [0.2, 0.25) is 0 Å². The van der Waals surface area contributed by atoms with Crippen molar-refractivity contribution in [2.75, 3.05) is 0 Å². The molecule has 0 N–H and O–H groups in total. The van der Waals surface area contributed by atoms with Crippen LogP contribution in [-0.2, 0) is 0 Å². The summed E-state index contributed by atoms with van der Waals surface area (Å²) < 4.78 is 4.96. The molecule has 4 nitrogen and oxygen atoms in total. The van der Waals surface area contributed by atoms with Crippen LogP contribution in [0.4, 0.5) is 0 Å². The van der Waals surface area contributed by atoms with Gasteiger partial charge in [-0.25, -0.2) is 15.0 Å². The summed E-state index contributed by atoms with van der Waals surface area (Å²) in [5.74, 6) is 1.86. The highest BCUT2D eigenvalue weighted by Crippen LogP contribution is 2.44. The lowest BCUT2D eigenvalue weighted by atomic mass is 9.96. The van der Waals surface area contributed by atoms with Crippen molar-refractivity contribution >= 4 is 53.3 Å². The van der Waals surface area contributed by atoms with Gasteiger partial charge in [0.1, 0.15) is 0 Å². The second-order valence-electron chi connectivity index (χ2n) is 16.6. The predicted molar refractivity (Wildman–Crippen MR) is 269 cm³/mol. The molecule has 12 rings (SSSR count). The van der Waals surface area contributed by atoms with Gasteiger partial charge < -0.3 is 4.57 Å². The standard InChI is InChI=1S/C59H40N4S/c1-37-14-11-20-41(32-37)43-26-29-51-48(34-43)49-35-44(42-21-12-15-38(2)33-42)27-30-52(49)63(51)53-31-28-45(46-23-13-25-55-56(46)47-22-9-10-24-54(47)64-55)36-50(53)59-61-57(39-16-5-3-6-17-39)60-58(62-59)40-18-7-4-8-19-40/h3-36H,1-2H3. The fourth-order valence-corrected chi connectivity index (χ4v) is 10.4. The summed E-state index contributed by atoms with van der Waals surface area (Å²) in [7, 11) is 0. The van der Waals surface area contributed by atoms with Crippen LogP contribution in [-0.4, -0.2) is 19.5 Å². The Labute approximate surface area is 375 Å². The molecular weight excluding hydrogens is 797 g/mol. The van der Waals surface area contributed by atoms with Crippen LogP contribution in [0.25, 0.3) is 115 Å². The molecule has 0 radical (unpaired) electrons. The van der Waals surface area contributed by atoms with Crippen molar-refractivity contribution in [3.05, 3.63) is 217 Å². The molecule has 64 heavy (non-hydrogen) atoms. The van der Waals surface area contributed by atoms with Crippen LogP contribution < -0.4 is 0 Å². The number of nitrogens with zero attached hydrogens (tertiary/aromatic N) is 4. The molecule has 0 unspecified atom stereocenters. The lowest BCUT2D eigenvalue weighted by Crippen LogP contribution is -2.04. The fraction of sp³-hybridized carbons (Fsp3) is 0.0339. The van der Waals surface area contributed by atoms with Gasteiger partial charge in [-0.05, 0) is 95.8 Å². The van der Waals surface area contributed by atoms with Crippen LogP contribution in [0.1, 0.15) is 11.1 Å². The summed E-state index contributed by atoms with van der Waals surface area (Å²) in [5.41, 5.74) is 15.5. The molecule has 0 spiro atoms. The second kappa shape index (κ2) is 15.4. The molecule has 0 aliphatic carbocycles. The largest absolute Gasteiger partial charge is 0.308 e. The van der Waals surface area contributed by atoms with Crippen LogP contribution in [0.15, 0.2) is 206 Å². The third-order valence-electron chi connectivity index (χ3n) is 12.4. The summed E-state index contributed by atoms with van der Waals surface area (Å²) in [6.07, 6.45) is 0. The van der Waals surface area contributed by atoms with E-state index in [4.69, 9.17) is 15.0 Å². The van der Waals surface area contributed by atoms with Gasteiger partial charge >= 0.3 is 0 Å². The van der Waals surface area contributed by atoms with E-state index in [9.17, 15) is 0 Å². The third kappa shape index (κ3) is 6.57. The quantitative estimate of drug-likeness (QED) is 0.161. The normalized spacial score (nSPS) is 11.6. The average Bonchev–Trinajstić information content (AvgIpc) is 3.89. The predicted octanol–water partition coefficient (Wildman–Crippen LogP) is 16.0. The van der Waals surface area contributed by atoms with Gasteiger partial charge in [-0.3, -0.25) is 0 Å². The van der Waals surface area contributed by atoms with E-state index in [0.29, 0.717) is 17.5 Å². The molecule has 3 aromatic heterocycles. The molecule has 0 aliphatic rings. The highest BCUT2D eigenvalue weighted by Gasteiger charge is 2.22. The zero-order chi connectivity index (χ0) is 42.7. The number of fused-ring (bicyclic) bond motifs is 6.